The number of urea groups is 1. The first-order valence-corrected chi connectivity index (χ1v) is 13.0. The predicted molar refractivity (Wildman–Crippen MR) is 129 cm³/mol. The van der Waals surface area contributed by atoms with Crippen molar-refractivity contribution in [3.63, 3.8) is 0 Å². The van der Waals surface area contributed by atoms with Gasteiger partial charge in [0.25, 0.3) is 5.91 Å². The number of carbonyl (C=O) groups excluding carboxylic acids is 3. The molecule has 5 aliphatic rings. The van der Waals surface area contributed by atoms with Gasteiger partial charge in [0.05, 0.1) is 11.7 Å². The fourth-order valence-electron chi connectivity index (χ4n) is 7.21. The fourth-order valence-corrected chi connectivity index (χ4v) is 7.21. The second-order valence-corrected chi connectivity index (χ2v) is 10.6. The molecule has 4 heterocycles. The van der Waals surface area contributed by atoms with Crippen molar-refractivity contribution in [2.24, 2.45) is 11.8 Å². The van der Waals surface area contributed by atoms with Crippen molar-refractivity contribution < 1.29 is 14.4 Å². The van der Waals surface area contributed by atoms with Crippen molar-refractivity contribution in [2.75, 3.05) is 24.5 Å². The topological polar surface area (TPSA) is 73.0 Å². The summed E-state index contributed by atoms with van der Waals surface area (Å²) < 4.78 is 0. The molecule has 5 atom stereocenters. The predicted octanol–water partition coefficient (Wildman–Crippen LogP) is 3.31. The highest BCUT2D eigenvalue weighted by Gasteiger charge is 2.47. The molecule has 2 bridgehead atoms. The summed E-state index contributed by atoms with van der Waals surface area (Å²) in [4.78, 5) is 44.8. The molecule has 0 radical (unpaired) electrons. The minimum atomic E-state index is -0.643. The number of fused-ring (bicyclic) bond motifs is 6. The number of hydrogen-bond donors (Lipinski definition) is 1. The van der Waals surface area contributed by atoms with Crippen LogP contribution in [0.5, 0.6) is 0 Å². The van der Waals surface area contributed by atoms with Crippen LogP contribution in [-0.2, 0) is 9.59 Å². The van der Waals surface area contributed by atoms with Crippen molar-refractivity contribution in [1.29, 1.82) is 0 Å². The Morgan fingerprint density at radius 1 is 1.06 bits per heavy atom. The van der Waals surface area contributed by atoms with Crippen LogP contribution in [0.4, 0.5) is 10.5 Å². The number of likely N-dealkylation sites (tertiary alicyclic amines) is 1. The van der Waals surface area contributed by atoms with E-state index in [1.54, 1.807) is 24.3 Å². The molecule has 0 unspecified atom stereocenters. The van der Waals surface area contributed by atoms with Gasteiger partial charge in [-0.1, -0.05) is 36.3 Å². The number of piperidine rings is 3. The third-order valence-corrected chi connectivity index (χ3v) is 8.66. The van der Waals surface area contributed by atoms with Crippen molar-refractivity contribution >= 4 is 23.5 Å². The standard InChI is InChI=1S/C27H34N4O3/c32-24(12-11-22-26(33)31(27(34)28-22)21-8-2-1-3-9-21)30-14-6-7-18-15-19-16-20(25(18)30)17-29-13-5-4-10-23(19)29/h1-3,8-9,15,19-20,22-23,25H,4-7,10-14,16-17H2,(H,28,34)/t19-,20-,22+,23-,25+/m0/s1. The van der Waals surface area contributed by atoms with Crippen molar-refractivity contribution in [1.82, 2.24) is 15.1 Å². The van der Waals surface area contributed by atoms with Gasteiger partial charge in [0.2, 0.25) is 5.91 Å². The molecule has 0 spiro atoms. The molecule has 1 aliphatic carbocycles. The zero-order valence-corrected chi connectivity index (χ0v) is 19.7. The van der Waals surface area contributed by atoms with Gasteiger partial charge in [0.1, 0.15) is 6.04 Å². The summed E-state index contributed by atoms with van der Waals surface area (Å²) in [5.41, 5.74) is 2.04. The van der Waals surface area contributed by atoms with Gasteiger partial charge in [-0.05, 0) is 69.0 Å². The number of imide groups is 1. The van der Waals surface area contributed by atoms with E-state index in [2.05, 4.69) is 21.2 Å². The fraction of sp³-hybridized carbons (Fsp3) is 0.593. The molecule has 4 amide bonds. The number of amides is 4. The monoisotopic (exact) mass is 462 g/mol. The molecule has 4 aliphatic heterocycles. The number of rotatable bonds is 4. The first kappa shape index (κ1) is 21.8. The Balaban J connectivity index is 1.13. The molecule has 34 heavy (non-hydrogen) atoms. The van der Waals surface area contributed by atoms with Gasteiger partial charge >= 0.3 is 6.03 Å². The minimum absolute atomic E-state index is 0.120. The molecule has 0 saturated carbocycles. The van der Waals surface area contributed by atoms with E-state index in [4.69, 9.17) is 0 Å². The molecule has 0 aromatic heterocycles. The number of anilines is 1. The van der Waals surface area contributed by atoms with Crippen LogP contribution in [0.15, 0.2) is 42.0 Å². The molecule has 4 fully saturated rings. The highest BCUT2D eigenvalue weighted by molar-refractivity contribution is 6.21. The molecular weight excluding hydrogens is 428 g/mol. The van der Waals surface area contributed by atoms with Gasteiger partial charge in [0, 0.05) is 25.6 Å². The van der Waals surface area contributed by atoms with E-state index >= 15 is 0 Å². The van der Waals surface area contributed by atoms with Gasteiger partial charge in [-0.15, -0.1) is 0 Å². The Morgan fingerprint density at radius 3 is 2.76 bits per heavy atom. The van der Waals surface area contributed by atoms with Crippen molar-refractivity contribution in [3.8, 4) is 0 Å². The lowest BCUT2D eigenvalue weighted by atomic mass is 9.68. The van der Waals surface area contributed by atoms with Gasteiger partial charge in [-0.25, -0.2) is 9.69 Å². The van der Waals surface area contributed by atoms with Gasteiger partial charge < -0.3 is 10.2 Å². The Kier molecular flexibility index (Phi) is 5.68. The van der Waals surface area contributed by atoms with Crippen LogP contribution in [0.1, 0.15) is 51.4 Å². The normalized spacial score (nSPS) is 33.2. The van der Waals surface area contributed by atoms with E-state index < -0.39 is 12.1 Å². The molecule has 1 N–H and O–H groups in total. The first-order valence-electron chi connectivity index (χ1n) is 13.0. The Hall–Kier alpha value is -2.67. The number of carbonyl (C=O) groups is 3. The zero-order chi connectivity index (χ0) is 23.2. The lowest BCUT2D eigenvalue weighted by Crippen LogP contribution is -2.60. The maximum Gasteiger partial charge on any atom is 0.329 e. The van der Waals surface area contributed by atoms with Gasteiger partial charge in [-0.3, -0.25) is 14.5 Å². The van der Waals surface area contributed by atoms with Gasteiger partial charge in [0.15, 0.2) is 0 Å². The van der Waals surface area contributed by atoms with Crippen LogP contribution >= 0.6 is 0 Å². The maximum absolute atomic E-state index is 13.4. The minimum Gasteiger partial charge on any atom is -0.336 e. The average Bonchev–Trinajstić information content (AvgIpc) is 3.15. The summed E-state index contributed by atoms with van der Waals surface area (Å²) in [7, 11) is 0. The number of hydrogen-bond acceptors (Lipinski definition) is 4. The molecule has 180 valence electrons. The summed E-state index contributed by atoms with van der Waals surface area (Å²) in [6.45, 7) is 3.10. The van der Waals surface area contributed by atoms with Crippen LogP contribution in [0, 0.1) is 11.8 Å². The quantitative estimate of drug-likeness (QED) is 0.550. The van der Waals surface area contributed by atoms with Crippen molar-refractivity contribution in [3.05, 3.63) is 42.0 Å². The van der Waals surface area contributed by atoms with Crippen LogP contribution in [0.3, 0.4) is 0 Å². The highest BCUT2D eigenvalue weighted by Crippen LogP contribution is 2.45. The molecule has 6 rings (SSSR count). The van der Waals surface area contributed by atoms with Crippen molar-refractivity contribution in [2.45, 2.75) is 69.5 Å². The second kappa shape index (κ2) is 8.84. The summed E-state index contributed by atoms with van der Waals surface area (Å²) in [5.74, 6) is 1.02. The average molecular weight is 463 g/mol. The number of benzene rings is 1. The van der Waals surface area contributed by atoms with Crippen LogP contribution in [0.25, 0.3) is 0 Å². The van der Waals surface area contributed by atoms with E-state index in [-0.39, 0.29) is 24.3 Å². The Bertz CT molecular complexity index is 1010. The third kappa shape index (κ3) is 3.74. The smallest absolute Gasteiger partial charge is 0.329 e. The second-order valence-electron chi connectivity index (χ2n) is 10.6. The first-order chi connectivity index (χ1) is 16.6. The lowest BCUT2D eigenvalue weighted by molar-refractivity contribution is -0.136. The van der Waals surface area contributed by atoms with E-state index in [0.29, 0.717) is 30.0 Å². The van der Waals surface area contributed by atoms with E-state index in [1.807, 2.05) is 6.07 Å². The largest absolute Gasteiger partial charge is 0.336 e. The molecule has 4 saturated heterocycles. The summed E-state index contributed by atoms with van der Waals surface area (Å²) in [6, 6.07) is 8.83. The maximum atomic E-state index is 13.4. The summed E-state index contributed by atoms with van der Waals surface area (Å²) in [5, 5.41) is 2.78. The zero-order valence-electron chi connectivity index (χ0n) is 19.7. The van der Waals surface area contributed by atoms with Crippen LogP contribution < -0.4 is 10.2 Å². The summed E-state index contributed by atoms with van der Waals surface area (Å²) in [6.07, 6.45) is 10.4. The van der Waals surface area contributed by atoms with Gasteiger partial charge in [-0.2, -0.15) is 0 Å². The molecule has 7 heteroatoms. The Labute approximate surface area is 201 Å². The number of nitrogens with zero attached hydrogens (tertiary/aromatic N) is 3. The molecule has 1 aromatic carbocycles. The number of para-hydroxylation sites is 1. The van der Waals surface area contributed by atoms with E-state index in [9.17, 15) is 14.4 Å². The van der Waals surface area contributed by atoms with Crippen LogP contribution in [-0.4, -0.2) is 65.4 Å². The summed E-state index contributed by atoms with van der Waals surface area (Å²) >= 11 is 0. The SMILES string of the molecule is O=C1N[C@H](CCC(=O)N2CCCC3=C[C@H]4C[C@@H](CN5CCCC[C@@H]45)[C@@H]32)C(=O)N1c1ccccc1. The molecular formula is C27H34N4O3. The Morgan fingerprint density at radius 2 is 1.91 bits per heavy atom. The lowest BCUT2D eigenvalue weighted by Gasteiger charge is -2.54. The van der Waals surface area contributed by atoms with Crippen LogP contribution in [0.2, 0.25) is 0 Å². The number of nitrogens with one attached hydrogen (secondary N) is 1. The van der Waals surface area contributed by atoms with E-state index in [0.717, 1.165) is 25.9 Å². The highest BCUT2D eigenvalue weighted by atomic mass is 16.2. The third-order valence-electron chi connectivity index (χ3n) is 8.66. The van der Waals surface area contributed by atoms with E-state index in [1.165, 1.54) is 42.7 Å². The molecule has 1 aromatic rings. The molecule has 7 nitrogen and oxygen atoms in total.